The number of carbonyl (C=O) groups excluding carboxylic acids is 1. The Bertz CT molecular complexity index is 1000. The van der Waals surface area contributed by atoms with Crippen molar-refractivity contribution < 1.29 is 9.53 Å². The number of aryl methyl sites for hydroxylation is 1. The van der Waals surface area contributed by atoms with Crippen LogP contribution in [0.3, 0.4) is 0 Å². The molecule has 2 unspecified atom stereocenters. The van der Waals surface area contributed by atoms with Crippen molar-refractivity contribution in [3.63, 3.8) is 0 Å². The first-order chi connectivity index (χ1) is 13.7. The van der Waals surface area contributed by atoms with Crippen molar-refractivity contribution in [1.82, 2.24) is 15.3 Å². The lowest BCUT2D eigenvalue weighted by Gasteiger charge is -2.42. The number of methoxy groups -OCH3 is 1. The van der Waals surface area contributed by atoms with Crippen LogP contribution in [-0.4, -0.2) is 36.1 Å². The van der Waals surface area contributed by atoms with E-state index < -0.39 is 0 Å². The molecule has 2 aliphatic rings. The van der Waals surface area contributed by atoms with Gasteiger partial charge in [-0.1, -0.05) is 18.2 Å². The number of hydrogen-bond acceptors (Lipinski definition) is 4. The number of nitrogens with zero attached hydrogens (tertiary/aromatic N) is 1. The summed E-state index contributed by atoms with van der Waals surface area (Å²) in [5.41, 5.74) is 5.66. The molecule has 1 fully saturated rings. The van der Waals surface area contributed by atoms with Crippen molar-refractivity contribution in [1.29, 1.82) is 0 Å². The summed E-state index contributed by atoms with van der Waals surface area (Å²) in [6.45, 7) is 2.13. The van der Waals surface area contributed by atoms with Crippen LogP contribution in [-0.2, 0) is 17.6 Å². The Balaban J connectivity index is 1.55. The van der Waals surface area contributed by atoms with E-state index >= 15 is 0 Å². The fourth-order valence-corrected chi connectivity index (χ4v) is 5.19. The third-order valence-electron chi connectivity index (χ3n) is 6.68. The molecule has 1 saturated heterocycles. The van der Waals surface area contributed by atoms with Crippen LogP contribution < -0.4 is 5.32 Å². The van der Waals surface area contributed by atoms with Crippen LogP contribution in [0.5, 0.6) is 0 Å². The summed E-state index contributed by atoms with van der Waals surface area (Å²) in [4.78, 5) is 20.3. The Hall–Kier alpha value is -2.66. The number of carbonyl (C=O) groups is 1. The van der Waals surface area contributed by atoms with Crippen LogP contribution >= 0.6 is 0 Å². The molecule has 1 aliphatic heterocycles. The van der Waals surface area contributed by atoms with Gasteiger partial charge in [0.15, 0.2) is 0 Å². The quantitative estimate of drug-likeness (QED) is 0.687. The number of benzene rings is 2. The monoisotopic (exact) mass is 375 g/mol. The van der Waals surface area contributed by atoms with E-state index in [-0.39, 0.29) is 11.4 Å². The molecule has 0 amide bonds. The topological polar surface area (TPSA) is 67.0 Å². The molecule has 1 aromatic heterocycles. The van der Waals surface area contributed by atoms with E-state index in [1.54, 1.807) is 0 Å². The average Bonchev–Trinajstić information content (AvgIpc) is 3.36. The third kappa shape index (κ3) is 2.81. The third-order valence-corrected chi connectivity index (χ3v) is 6.68. The molecule has 2 heterocycles. The highest BCUT2D eigenvalue weighted by Crippen LogP contribution is 2.50. The largest absolute Gasteiger partial charge is 0.465 e. The molecule has 3 aromatic rings. The van der Waals surface area contributed by atoms with Crippen LogP contribution in [0.1, 0.15) is 46.1 Å². The Labute approximate surface area is 164 Å². The van der Waals surface area contributed by atoms with E-state index in [1.165, 1.54) is 24.7 Å². The van der Waals surface area contributed by atoms with Crippen LogP contribution in [0, 0.1) is 5.41 Å². The lowest BCUT2D eigenvalue weighted by molar-refractivity contribution is 0.0600. The highest BCUT2D eigenvalue weighted by Gasteiger charge is 2.45. The Morgan fingerprint density at radius 1 is 1.25 bits per heavy atom. The van der Waals surface area contributed by atoms with E-state index in [1.807, 2.05) is 24.3 Å². The van der Waals surface area contributed by atoms with Crippen molar-refractivity contribution in [2.45, 2.75) is 31.6 Å². The second-order valence-electron chi connectivity index (χ2n) is 8.15. The van der Waals surface area contributed by atoms with E-state index in [4.69, 9.17) is 9.72 Å². The molecule has 2 aromatic carbocycles. The first kappa shape index (κ1) is 17.4. The number of rotatable bonds is 3. The van der Waals surface area contributed by atoms with Gasteiger partial charge in [0.25, 0.3) is 0 Å². The van der Waals surface area contributed by atoms with E-state index in [0.717, 1.165) is 49.2 Å². The molecule has 0 bridgehead atoms. The van der Waals surface area contributed by atoms with Gasteiger partial charge >= 0.3 is 5.97 Å². The predicted octanol–water partition coefficient (Wildman–Crippen LogP) is 3.60. The molecule has 144 valence electrons. The zero-order valence-corrected chi connectivity index (χ0v) is 16.1. The summed E-state index contributed by atoms with van der Waals surface area (Å²) in [7, 11) is 1.44. The Morgan fingerprint density at radius 3 is 2.93 bits per heavy atom. The second-order valence-corrected chi connectivity index (χ2v) is 8.15. The molecule has 2 atom stereocenters. The van der Waals surface area contributed by atoms with Crippen LogP contribution in [0.25, 0.3) is 11.0 Å². The number of aromatic amines is 1. The van der Waals surface area contributed by atoms with Crippen LogP contribution in [0.4, 0.5) is 0 Å². The zero-order chi connectivity index (χ0) is 19.1. The Kier molecular flexibility index (Phi) is 4.20. The van der Waals surface area contributed by atoms with E-state index in [9.17, 15) is 4.79 Å². The van der Waals surface area contributed by atoms with Crippen LogP contribution in [0.2, 0.25) is 0 Å². The minimum absolute atomic E-state index is 0.263. The number of imidazole rings is 1. The summed E-state index contributed by atoms with van der Waals surface area (Å²) in [5, 5.41) is 3.59. The number of hydrogen-bond donors (Lipinski definition) is 2. The van der Waals surface area contributed by atoms with Crippen molar-refractivity contribution in [3.8, 4) is 0 Å². The molecular formula is C23H25N3O2. The van der Waals surface area contributed by atoms with Crippen molar-refractivity contribution in [3.05, 3.63) is 65.0 Å². The normalized spacial score (nSPS) is 23.8. The van der Waals surface area contributed by atoms with Gasteiger partial charge in [-0.3, -0.25) is 0 Å². The lowest BCUT2D eigenvalue weighted by Crippen LogP contribution is -2.37. The predicted molar refractivity (Wildman–Crippen MR) is 109 cm³/mol. The molecule has 1 spiro atoms. The fourth-order valence-electron chi connectivity index (χ4n) is 5.19. The SMILES string of the molecule is COC(=O)c1ccc2c(c1)CCC1(CCNC1)C2Cc1nc2ccccc2[nH]1. The standard InChI is InChI=1S/C23H25N3O2/c1-28-22(27)16-6-7-17-15(12-16)8-9-23(10-11-24-14-23)18(17)13-21-25-19-4-2-3-5-20(19)26-21/h2-7,12,18,24H,8-11,13-14H2,1H3,(H,25,26). The maximum absolute atomic E-state index is 12.0. The number of para-hydroxylation sites is 2. The maximum Gasteiger partial charge on any atom is 0.337 e. The molecule has 5 nitrogen and oxygen atoms in total. The van der Waals surface area contributed by atoms with E-state index in [0.29, 0.717) is 11.5 Å². The highest BCUT2D eigenvalue weighted by molar-refractivity contribution is 5.89. The molecule has 5 rings (SSSR count). The molecule has 28 heavy (non-hydrogen) atoms. The number of nitrogens with one attached hydrogen (secondary N) is 2. The Morgan fingerprint density at radius 2 is 2.14 bits per heavy atom. The van der Waals surface area contributed by atoms with Crippen molar-refractivity contribution >= 4 is 17.0 Å². The van der Waals surface area contributed by atoms with Gasteiger partial charge in [-0.05, 0) is 72.5 Å². The molecule has 1 aliphatic carbocycles. The molecule has 0 radical (unpaired) electrons. The van der Waals surface area contributed by atoms with Gasteiger partial charge in [-0.2, -0.15) is 0 Å². The van der Waals surface area contributed by atoms with Gasteiger partial charge in [0.1, 0.15) is 5.82 Å². The molecule has 5 heteroatoms. The van der Waals surface area contributed by atoms with Crippen LogP contribution in [0.15, 0.2) is 42.5 Å². The molecular weight excluding hydrogens is 350 g/mol. The zero-order valence-electron chi connectivity index (χ0n) is 16.1. The summed E-state index contributed by atoms with van der Waals surface area (Å²) >= 11 is 0. The minimum atomic E-state index is -0.264. The van der Waals surface area contributed by atoms with Crippen molar-refractivity contribution in [2.24, 2.45) is 5.41 Å². The summed E-state index contributed by atoms with van der Waals surface area (Å²) in [6, 6.07) is 14.3. The van der Waals surface area contributed by atoms with Gasteiger partial charge in [-0.15, -0.1) is 0 Å². The van der Waals surface area contributed by atoms with Crippen molar-refractivity contribution in [2.75, 3.05) is 20.2 Å². The first-order valence-corrected chi connectivity index (χ1v) is 10.0. The summed E-state index contributed by atoms with van der Waals surface area (Å²) in [6.07, 6.45) is 4.23. The van der Waals surface area contributed by atoms with Gasteiger partial charge < -0.3 is 15.0 Å². The van der Waals surface area contributed by atoms with Gasteiger partial charge in [0.05, 0.1) is 23.7 Å². The van der Waals surface area contributed by atoms with Gasteiger partial charge in [0.2, 0.25) is 0 Å². The number of fused-ring (bicyclic) bond motifs is 2. The number of ether oxygens (including phenoxy) is 1. The van der Waals surface area contributed by atoms with Gasteiger partial charge in [0, 0.05) is 13.0 Å². The fraction of sp³-hybridized carbons (Fsp3) is 0.391. The number of aromatic nitrogens is 2. The minimum Gasteiger partial charge on any atom is -0.465 e. The molecule has 0 saturated carbocycles. The first-order valence-electron chi connectivity index (χ1n) is 10.0. The second kappa shape index (κ2) is 6.74. The molecule has 2 N–H and O–H groups in total. The van der Waals surface area contributed by atoms with Gasteiger partial charge in [-0.25, -0.2) is 9.78 Å². The number of H-pyrrole nitrogens is 1. The number of esters is 1. The maximum atomic E-state index is 12.0. The lowest BCUT2D eigenvalue weighted by atomic mass is 9.62. The van der Waals surface area contributed by atoms with E-state index in [2.05, 4.69) is 28.5 Å². The average molecular weight is 375 g/mol. The smallest absolute Gasteiger partial charge is 0.337 e. The summed E-state index contributed by atoms with van der Waals surface area (Å²) < 4.78 is 4.91. The summed E-state index contributed by atoms with van der Waals surface area (Å²) in [5.74, 6) is 1.17. The highest BCUT2D eigenvalue weighted by atomic mass is 16.5.